The first kappa shape index (κ1) is 22.1. The lowest BCUT2D eigenvalue weighted by molar-refractivity contribution is 0.0801. The predicted octanol–water partition coefficient (Wildman–Crippen LogP) is 3.57. The summed E-state index contributed by atoms with van der Waals surface area (Å²) in [6.45, 7) is 16.2. The molecule has 0 spiro atoms. The van der Waals surface area contributed by atoms with Crippen molar-refractivity contribution in [2.24, 2.45) is 5.92 Å². The lowest BCUT2D eigenvalue weighted by Gasteiger charge is -2.45. The van der Waals surface area contributed by atoms with E-state index in [2.05, 4.69) is 38.2 Å². The predicted molar refractivity (Wildman–Crippen MR) is 78.5 cm³/mol. The van der Waals surface area contributed by atoms with Gasteiger partial charge in [0.15, 0.2) is 0 Å². The van der Waals surface area contributed by atoms with E-state index >= 15 is 0 Å². The molecular formula is C14H35FN2. The molecule has 3 heteroatoms. The van der Waals surface area contributed by atoms with Crippen LogP contribution in [0.25, 0.3) is 0 Å². The Bertz CT molecular complexity index is 132. The van der Waals surface area contributed by atoms with E-state index in [-0.39, 0.29) is 6.67 Å². The van der Waals surface area contributed by atoms with Crippen molar-refractivity contribution in [1.82, 2.24) is 10.2 Å². The van der Waals surface area contributed by atoms with Gasteiger partial charge in [-0.1, -0.05) is 27.7 Å². The molecule has 0 unspecified atom stereocenters. The van der Waals surface area contributed by atoms with E-state index in [1.54, 1.807) is 0 Å². The van der Waals surface area contributed by atoms with Crippen LogP contribution in [0.2, 0.25) is 0 Å². The number of alkyl halides is 1. The first-order valence-electron chi connectivity index (χ1n) is 6.90. The minimum atomic E-state index is -0.250. The molecule has 2 nitrogen and oxygen atoms in total. The Morgan fingerprint density at radius 3 is 1.47 bits per heavy atom. The molecule has 1 heterocycles. The van der Waals surface area contributed by atoms with E-state index in [0.29, 0.717) is 5.54 Å². The van der Waals surface area contributed by atoms with Crippen LogP contribution < -0.4 is 5.32 Å². The van der Waals surface area contributed by atoms with E-state index in [1.807, 2.05) is 27.7 Å². The van der Waals surface area contributed by atoms with Crippen LogP contribution in [0.3, 0.4) is 0 Å². The largest absolute Gasteiger partial charge is 0.316 e. The fraction of sp³-hybridized carbons (Fsp3) is 1.00. The SMILES string of the molecule is CC.CC.CCF.CN(C)C(C)(C)C1CNC1. The summed E-state index contributed by atoms with van der Waals surface area (Å²) in [5, 5.41) is 3.30. The third-order valence-electron chi connectivity index (χ3n) is 2.93. The molecule has 0 bridgehead atoms. The molecular weight excluding hydrogens is 215 g/mol. The third kappa shape index (κ3) is 9.54. The number of rotatable bonds is 2. The van der Waals surface area contributed by atoms with Gasteiger partial charge in [0.2, 0.25) is 0 Å². The fourth-order valence-electron chi connectivity index (χ4n) is 1.15. The zero-order valence-electron chi connectivity index (χ0n) is 13.5. The van der Waals surface area contributed by atoms with Crippen LogP contribution in [0.4, 0.5) is 4.39 Å². The highest BCUT2D eigenvalue weighted by Gasteiger charge is 2.35. The van der Waals surface area contributed by atoms with Crippen LogP contribution >= 0.6 is 0 Å². The van der Waals surface area contributed by atoms with E-state index in [9.17, 15) is 4.39 Å². The van der Waals surface area contributed by atoms with Gasteiger partial charge in [-0.25, -0.2) is 0 Å². The molecule has 108 valence electrons. The van der Waals surface area contributed by atoms with Crippen molar-refractivity contribution in [2.75, 3.05) is 33.9 Å². The molecule has 17 heavy (non-hydrogen) atoms. The number of hydrogen-bond acceptors (Lipinski definition) is 2. The van der Waals surface area contributed by atoms with Crippen LogP contribution in [0.15, 0.2) is 0 Å². The van der Waals surface area contributed by atoms with Gasteiger partial charge in [0.1, 0.15) is 0 Å². The lowest BCUT2D eigenvalue weighted by atomic mass is 9.82. The van der Waals surface area contributed by atoms with Crippen molar-refractivity contribution in [2.45, 2.75) is 54.0 Å². The highest BCUT2D eigenvalue weighted by atomic mass is 19.1. The smallest absolute Gasteiger partial charge is 0.0866 e. The minimum absolute atomic E-state index is 0.250. The molecule has 1 aliphatic rings. The number of hydrogen-bond donors (Lipinski definition) is 1. The Labute approximate surface area is 109 Å². The van der Waals surface area contributed by atoms with Crippen molar-refractivity contribution >= 4 is 0 Å². The Morgan fingerprint density at radius 1 is 1.12 bits per heavy atom. The van der Waals surface area contributed by atoms with Gasteiger partial charge in [0.25, 0.3) is 0 Å². The summed E-state index contributed by atoms with van der Waals surface area (Å²) in [7, 11) is 4.30. The summed E-state index contributed by atoms with van der Waals surface area (Å²) >= 11 is 0. The molecule has 0 saturated carbocycles. The number of halogens is 1. The molecule has 0 aromatic carbocycles. The van der Waals surface area contributed by atoms with E-state index in [4.69, 9.17) is 0 Å². The Kier molecular flexibility index (Phi) is 18.1. The third-order valence-corrected chi connectivity index (χ3v) is 2.93. The van der Waals surface area contributed by atoms with Crippen molar-refractivity contribution in [3.63, 3.8) is 0 Å². The van der Waals surface area contributed by atoms with Crippen LogP contribution in [-0.4, -0.2) is 44.3 Å². The van der Waals surface area contributed by atoms with Gasteiger partial charge in [-0.3, -0.25) is 4.39 Å². The lowest BCUT2D eigenvalue weighted by Crippen LogP contribution is -2.58. The zero-order valence-corrected chi connectivity index (χ0v) is 13.5. The highest BCUT2D eigenvalue weighted by Crippen LogP contribution is 2.24. The highest BCUT2D eigenvalue weighted by molar-refractivity contribution is 4.93. The quantitative estimate of drug-likeness (QED) is 0.806. The average molecular weight is 250 g/mol. The molecule has 1 saturated heterocycles. The molecule has 0 aromatic rings. The molecule has 1 N–H and O–H groups in total. The second-order valence-electron chi connectivity index (χ2n) is 4.17. The summed E-state index contributed by atoms with van der Waals surface area (Å²) < 4.78 is 10.3. The maximum Gasteiger partial charge on any atom is 0.0866 e. The van der Waals surface area contributed by atoms with E-state index < -0.39 is 0 Å². The Hall–Kier alpha value is -0.150. The van der Waals surface area contributed by atoms with Gasteiger partial charge in [0, 0.05) is 24.5 Å². The first-order valence-corrected chi connectivity index (χ1v) is 6.90. The normalized spacial score (nSPS) is 14.3. The van der Waals surface area contributed by atoms with Crippen LogP contribution in [0.1, 0.15) is 48.5 Å². The first-order chi connectivity index (χ1) is 7.96. The van der Waals surface area contributed by atoms with Crippen molar-refractivity contribution < 1.29 is 4.39 Å². The summed E-state index contributed by atoms with van der Waals surface area (Å²) in [5.41, 5.74) is 0.366. The van der Waals surface area contributed by atoms with Crippen LogP contribution in [0, 0.1) is 5.92 Å². The molecule has 0 radical (unpaired) electrons. The van der Waals surface area contributed by atoms with E-state index in [1.165, 1.54) is 20.0 Å². The summed E-state index contributed by atoms with van der Waals surface area (Å²) in [6, 6.07) is 0. The topological polar surface area (TPSA) is 15.3 Å². The standard InChI is InChI=1S/C8H18N2.C2H5F.2C2H6/c1-8(2,10(3)4)7-5-9-6-7;1-2-3;2*1-2/h7,9H,5-6H2,1-4H3;2H2,1H3;2*1-2H3. The molecule has 1 rings (SSSR count). The van der Waals surface area contributed by atoms with Crippen molar-refractivity contribution in [3.8, 4) is 0 Å². The van der Waals surface area contributed by atoms with Gasteiger partial charge in [-0.2, -0.15) is 0 Å². The summed E-state index contributed by atoms with van der Waals surface area (Å²) in [4.78, 5) is 2.30. The maximum atomic E-state index is 10.3. The monoisotopic (exact) mass is 250 g/mol. The molecule has 0 aromatic heterocycles. The Balaban J connectivity index is -0.000000239. The second-order valence-corrected chi connectivity index (χ2v) is 4.17. The summed E-state index contributed by atoms with van der Waals surface area (Å²) in [5.74, 6) is 0.836. The average Bonchev–Trinajstić information content (AvgIpc) is 2.21. The Morgan fingerprint density at radius 2 is 1.41 bits per heavy atom. The van der Waals surface area contributed by atoms with Gasteiger partial charge >= 0.3 is 0 Å². The van der Waals surface area contributed by atoms with Gasteiger partial charge < -0.3 is 10.2 Å². The maximum absolute atomic E-state index is 10.3. The molecule has 1 fully saturated rings. The van der Waals surface area contributed by atoms with E-state index in [0.717, 1.165) is 5.92 Å². The van der Waals surface area contributed by atoms with Crippen LogP contribution in [-0.2, 0) is 0 Å². The molecule has 0 amide bonds. The van der Waals surface area contributed by atoms with Crippen molar-refractivity contribution in [1.29, 1.82) is 0 Å². The zero-order chi connectivity index (χ0) is 14.5. The van der Waals surface area contributed by atoms with Gasteiger partial charge in [-0.05, 0) is 34.9 Å². The second kappa shape index (κ2) is 13.9. The van der Waals surface area contributed by atoms with Gasteiger partial charge in [-0.15, -0.1) is 0 Å². The van der Waals surface area contributed by atoms with Gasteiger partial charge in [0.05, 0.1) is 6.67 Å². The summed E-state index contributed by atoms with van der Waals surface area (Å²) in [6.07, 6.45) is 0. The molecule has 0 atom stereocenters. The number of nitrogens with zero attached hydrogens (tertiary/aromatic N) is 1. The fourth-order valence-corrected chi connectivity index (χ4v) is 1.15. The molecule has 1 aliphatic heterocycles. The van der Waals surface area contributed by atoms with Crippen molar-refractivity contribution in [3.05, 3.63) is 0 Å². The molecule has 0 aliphatic carbocycles. The number of nitrogens with one attached hydrogen (secondary N) is 1. The van der Waals surface area contributed by atoms with Crippen LogP contribution in [0.5, 0.6) is 0 Å². The minimum Gasteiger partial charge on any atom is -0.316 e.